The Kier molecular flexibility index (Phi) is 6.70. The van der Waals surface area contributed by atoms with Gasteiger partial charge in [0.05, 0.1) is 6.61 Å². The van der Waals surface area contributed by atoms with Crippen LogP contribution in [0.5, 0.6) is 0 Å². The minimum Gasteiger partial charge on any atom is -0.449 e. The lowest BCUT2D eigenvalue weighted by Crippen LogP contribution is -2.46. The van der Waals surface area contributed by atoms with E-state index >= 15 is 0 Å². The lowest BCUT2D eigenvalue weighted by Gasteiger charge is -2.18. The molecular weight excluding hydrogens is 256 g/mol. The predicted octanol–water partition coefficient (Wildman–Crippen LogP) is 0.830. The Morgan fingerprint density at radius 1 is 1.44 bits per heavy atom. The van der Waals surface area contributed by atoms with Crippen molar-refractivity contribution in [1.29, 1.82) is 0 Å². The van der Waals surface area contributed by atoms with Crippen molar-refractivity contribution in [2.45, 2.75) is 26.8 Å². The molecule has 0 saturated carbocycles. The number of rotatable bonds is 6. The van der Waals surface area contributed by atoms with Gasteiger partial charge in [-0.05, 0) is 19.8 Å². The zero-order chi connectivity index (χ0) is 12.8. The van der Waals surface area contributed by atoms with Gasteiger partial charge in [0.2, 0.25) is 0 Å². The molecule has 0 saturated heterocycles. The van der Waals surface area contributed by atoms with Crippen molar-refractivity contribution in [3.8, 4) is 0 Å². The van der Waals surface area contributed by atoms with Crippen LogP contribution in [0.2, 0.25) is 0 Å². The first-order valence-corrected chi connectivity index (χ1v) is 6.87. The lowest BCUT2D eigenvalue weighted by atomic mass is 10.1. The highest BCUT2D eigenvalue weighted by Crippen LogP contribution is 2.05. The zero-order valence-electron chi connectivity index (χ0n) is 9.49. The second-order valence-corrected chi connectivity index (χ2v) is 5.12. The van der Waals surface area contributed by atoms with Crippen LogP contribution in [0.25, 0.3) is 0 Å². The molecule has 0 aromatic rings. The van der Waals surface area contributed by atoms with Crippen LogP contribution in [0.3, 0.4) is 0 Å². The largest absolute Gasteiger partial charge is 0.449 e. The summed E-state index contributed by atoms with van der Waals surface area (Å²) in [4.78, 5) is 10.9. The fraction of sp³-hybridized carbons (Fsp3) is 0.875. The number of carbonyl (C=O) groups is 1. The van der Waals surface area contributed by atoms with Gasteiger partial charge in [0.15, 0.2) is 0 Å². The molecule has 0 aliphatic heterocycles. The Balaban J connectivity index is 4.30. The number of halogens is 1. The summed E-state index contributed by atoms with van der Waals surface area (Å²) in [7, 11) is -3.89. The molecule has 2 N–H and O–H groups in total. The summed E-state index contributed by atoms with van der Waals surface area (Å²) >= 11 is 5.58. The molecule has 0 aromatic heterocycles. The molecular formula is C8H17ClN2O4S. The molecule has 6 nitrogen and oxygen atoms in total. The average molecular weight is 273 g/mol. The van der Waals surface area contributed by atoms with Gasteiger partial charge in [0, 0.05) is 11.9 Å². The van der Waals surface area contributed by atoms with Gasteiger partial charge in [-0.1, -0.05) is 6.92 Å². The summed E-state index contributed by atoms with van der Waals surface area (Å²) < 4.78 is 31.2. The molecule has 0 spiro atoms. The Bertz CT molecular complexity index is 320. The average Bonchev–Trinajstić information content (AvgIpc) is 2.14. The van der Waals surface area contributed by atoms with E-state index in [2.05, 4.69) is 9.46 Å². The van der Waals surface area contributed by atoms with Crippen LogP contribution in [-0.2, 0) is 14.9 Å². The highest BCUT2D eigenvalue weighted by atomic mass is 35.5. The Morgan fingerprint density at radius 3 is 2.44 bits per heavy atom. The van der Waals surface area contributed by atoms with Crippen LogP contribution >= 0.6 is 11.6 Å². The first-order valence-electron chi connectivity index (χ1n) is 4.85. The summed E-state index contributed by atoms with van der Waals surface area (Å²) in [5.41, 5.74) is 0. The first kappa shape index (κ1) is 15.5. The van der Waals surface area contributed by atoms with Gasteiger partial charge in [0.25, 0.3) is 0 Å². The SMILES string of the molecule is CCOC(=O)NS(=O)(=O)NC(C)C(C)CCl. The highest BCUT2D eigenvalue weighted by molar-refractivity contribution is 7.88. The Morgan fingerprint density at radius 2 is 2.00 bits per heavy atom. The van der Waals surface area contributed by atoms with Gasteiger partial charge < -0.3 is 4.74 Å². The van der Waals surface area contributed by atoms with Crippen LogP contribution in [0.1, 0.15) is 20.8 Å². The summed E-state index contributed by atoms with van der Waals surface area (Å²) in [6.07, 6.45) is -0.999. The van der Waals surface area contributed by atoms with E-state index in [1.165, 1.54) is 0 Å². The molecule has 2 unspecified atom stereocenters. The molecule has 16 heavy (non-hydrogen) atoms. The summed E-state index contributed by atoms with van der Waals surface area (Å²) in [6, 6.07) is -0.371. The van der Waals surface area contributed by atoms with Gasteiger partial charge in [-0.2, -0.15) is 13.1 Å². The van der Waals surface area contributed by atoms with Gasteiger partial charge in [-0.15, -0.1) is 11.6 Å². The van der Waals surface area contributed by atoms with Gasteiger partial charge in [0.1, 0.15) is 0 Å². The van der Waals surface area contributed by atoms with Gasteiger partial charge in [-0.25, -0.2) is 9.52 Å². The summed E-state index contributed by atoms with van der Waals surface area (Å²) in [5.74, 6) is 0.281. The second kappa shape index (κ2) is 6.93. The molecule has 0 rings (SSSR count). The van der Waals surface area contributed by atoms with Gasteiger partial charge >= 0.3 is 16.3 Å². The van der Waals surface area contributed by atoms with E-state index in [4.69, 9.17) is 11.6 Å². The van der Waals surface area contributed by atoms with Crippen LogP contribution in [0, 0.1) is 5.92 Å². The molecule has 0 aliphatic carbocycles. The van der Waals surface area contributed by atoms with Crippen LogP contribution in [-0.4, -0.2) is 33.0 Å². The first-order chi connectivity index (χ1) is 7.32. The Labute approximate surface area is 101 Å². The monoisotopic (exact) mass is 272 g/mol. The molecule has 0 fully saturated rings. The minimum atomic E-state index is -3.89. The van der Waals surface area contributed by atoms with Crippen molar-refractivity contribution in [2.75, 3.05) is 12.5 Å². The van der Waals surface area contributed by atoms with E-state index in [1.807, 2.05) is 0 Å². The van der Waals surface area contributed by atoms with E-state index in [1.54, 1.807) is 25.5 Å². The number of ether oxygens (including phenoxy) is 1. The van der Waals surface area contributed by atoms with E-state index in [-0.39, 0.29) is 18.6 Å². The third-order valence-corrected chi connectivity index (χ3v) is 3.54. The maximum Gasteiger partial charge on any atom is 0.421 e. The maximum absolute atomic E-state index is 11.4. The minimum absolute atomic E-state index is 0.0413. The van der Waals surface area contributed by atoms with E-state index in [0.717, 1.165) is 0 Å². The molecule has 2 atom stereocenters. The van der Waals surface area contributed by atoms with Crippen molar-refractivity contribution in [1.82, 2.24) is 9.44 Å². The fourth-order valence-corrected chi connectivity index (χ4v) is 2.12. The standard InChI is InChI=1S/C8H17ClN2O4S/c1-4-15-8(12)11-16(13,14)10-7(3)6(2)5-9/h6-7,10H,4-5H2,1-3H3,(H,11,12). The molecule has 1 amide bonds. The maximum atomic E-state index is 11.4. The zero-order valence-corrected chi connectivity index (χ0v) is 11.1. The van der Waals surface area contributed by atoms with E-state index < -0.39 is 16.3 Å². The third kappa shape index (κ3) is 6.14. The van der Waals surface area contributed by atoms with Crippen molar-refractivity contribution in [2.24, 2.45) is 5.92 Å². The molecule has 0 aliphatic rings. The molecule has 96 valence electrons. The van der Waals surface area contributed by atoms with E-state index in [0.29, 0.717) is 5.88 Å². The molecule has 0 bridgehead atoms. The van der Waals surface area contributed by atoms with Crippen molar-refractivity contribution in [3.63, 3.8) is 0 Å². The predicted molar refractivity (Wildman–Crippen MR) is 61.6 cm³/mol. The normalized spacial score (nSPS) is 15.2. The van der Waals surface area contributed by atoms with Crippen LogP contribution < -0.4 is 9.44 Å². The number of carbonyl (C=O) groups excluding carboxylic acids is 1. The fourth-order valence-electron chi connectivity index (χ4n) is 0.794. The number of hydrogen-bond donors (Lipinski definition) is 2. The van der Waals surface area contributed by atoms with Crippen molar-refractivity contribution >= 4 is 27.9 Å². The van der Waals surface area contributed by atoms with Crippen molar-refractivity contribution in [3.05, 3.63) is 0 Å². The lowest BCUT2D eigenvalue weighted by molar-refractivity contribution is 0.158. The van der Waals surface area contributed by atoms with Crippen LogP contribution in [0.15, 0.2) is 0 Å². The molecule has 8 heteroatoms. The molecule has 0 heterocycles. The number of alkyl halides is 1. The topological polar surface area (TPSA) is 84.5 Å². The van der Waals surface area contributed by atoms with Crippen LogP contribution in [0.4, 0.5) is 4.79 Å². The summed E-state index contributed by atoms with van der Waals surface area (Å²) in [6.45, 7) is 5.15. The van der Waals surface area contributed by atoms with Gasteiger partial charge in [-0.3, -0.25) is 0 Å². The number of hydrogen-bond acceptors (Lipinski definition) is 4. The van der Waals surface area contributed by atoms with Crippen molar-refractivity contribution < 1.29 is 17.9 Å². The smallest absolute Gasteiger partial charge is 0.421 e. The van der Waals surface area contributed by atoms with E-state index in [9.17, 15) is 13.2 Å². The second-order valence-electron chi connectivity index (χ2n) is 3.36. The molecule has 0 radical (unpaired) electrons. The molecule has 0 aromatic carbocycles. The highest BCUT2D eigenvalue weighted by Gasteiger charge is 2.20. The summed E-state index contributed by atoms with van der Waals surface area (Å²) in [5, 5.41) is 0. The number of nitrogens with one attached hydrogen (secondary N) is 2. The third-order valence-electron chi connectivity index (χ3n) is 1.93. The number of amides is 1. The Hall–Kier alpha value is -0.530. The quantitative estimate of drug-likeness (QED) is 0.702.